The molecule has 0 aliphatic carbocycles. The van der Waals surface area contributed by atoms with E-state index in [4.69, 9.17) is 16.7 Å². The van der Waals surface area contributed by atoms with Gasteiger partial charge < -0.3 is 20.5 Å². The van der Waals surface area contributed by atoms with Crippen molar-refractivity contribution in [2.45, 2.75) is 12.8 Å². The molecule has 7 nitrogen and oxygen atoms in total. The lowest BCUT2D eigenvalue weighted by Gasteiger charge is -2.06. The minimum atomic E-state index is -1.21. The highest BCUT2D eigenvalue weighted by Gasteiger charge is 2.12. The van der Waals surface area contributed by atoms with Crippen molar-refractivity contribution in [2.75, 3.05) is 6.54 Å². The van der Waals surface area contributed by atoms with Gasteiger partial charge in [-0.2, -0.15) is 0 Å². The number of aromatic hydroxyl groups is 1. The van der Waals surface area contributed by atoms with Gasteiger partial charge in [-0.15, -0.1) is 0 Å². The summed E-state index contributed by atoms with van der Waals surface area (Å²) in [5, 5.41) is 21.8. The Hall–Kier alpha value is -3.06. The molecule has 1 heterocycles. The zero-order valence-corrected chi connectivity index (χ0v) is 14.4. The van der Waals surface area contributed by atoms with Crippen LogP contribution in [0.4, 0.5) is 0 Å². The normalized spacial score (nSPS) is 10.8. The van der Waals surface area contributed by atoms with E-state index in [1.54, 1.807) is 12.1 Å². The summed E-state index contributed by atoms with van der Waals surface area (Å²) >= 11 is 5.94. The van der Waals surface area contributed by atoms with E-state index in [0.717, 1.165) is 22.9 Å². The van der Waals surface area contributed by atoms with Gasteiger partial charge in [0.1, 0.15) is 11.6 Å². The summed E-state index contributed by atoms with van der Waals surface area (Å²) in [6.45, 7) is 0.384. The molecule has 26 heavy (non-hydrogen) atoms. The Kier molecular flexibility index (Phi) is 5.09. The third-order valence-electron chi connectivity index (χ3n) is 3.80. The van der Waals surface area contributed by atoms with Gasteiger partial charge in [0.25, 0.3) is 5.91 Å². The van der Waals surface area contributed by atoms with Crippen LogP contribution < -0.4 is 5.32 Å². The number of carboxylic acids is 1. The van der Waals surface area contributed by atoms with E-state index in [9.17, 15) is 14.7 Å². The molecule has 0 atom stereocenters. The number of aromatic nitrogens is 2. The van der Waals surface area contributed by atoms with E-state index in [2.05, 4.69) is 15.3 Å². The summed E-state index contributed by atoms with van der Waals surface area (Å²) in [4.78, 5) is 30.7. The lowest BCUT2D eigenvalue weighted by Crippen LogP contribution is -2.25. The number of phenols is 1. The zero-order valence-electron chi connectivity index (χ0n) is 13.6. The van der Waals surface area contributed by atoms with Crippen molar-refractivity contribution in [3.8, 4) is 5.75 Å². The number of rotatable bonds is 6. The van der Waals surface area contributed by atoms with Gasteiger partial charge in [-0.1, -0.05) is 11.6 Å². The molecule has 0 saturated carbocycles. The highest BCUT2D eigenvalue weighted by atomic mass is 35.5. The first-order valence-electron chi connectivity index (χ1n) is 7.92. The first kappa shape index (κ1) is 17.8. The molecule has 4 N–H and O–H groups in total. The van der Waals surface area contributed by atoms with Crippen LogP contribution in [0.1, 0.15) is 33.0 Å². The molecule has 1 amide bonds. The molecule has 0 unspecified atom stereocenters. The van der Waals surface area contributed by atoms with E-state index >= 15 is 0 Å². The molecule has 0 aliphatic heterocycles. The van der Waals surface area contributed by atoms with Crippen molar-refractivity contribution in [3.05, 3.63) is 58.4 Å². The van der Waals surface area contributed by atoms with Crippen molar-refractivity contribution >= 4 is 34.5 Å². The van der Waals surface area contributed by atoms with E-state index < -0.39 is 11.9 Å². The Morgan fingerprint density at radius 1 is 1.15 bits per heavy atom. The molecule has 0 radical (unpaired) electrons. The number of H-pyrrole nitrogens is 1. The van der Waals surface area contributed by atoms with Gasteiger partial charge in [0.2, 0.25) is 0 Å². The Morgan fingerprint density at radius 2 is 1.92 bits per heavy atom. The summed E-state index contributed by atoms with van der Waals surface area (Å²) in [5.74, 6) is -1.13. The number of aromatic carboxylic acids is 1. The number of phenolic OH excluding ortho intramolecular Hbond substituents is 1. The average Bonchev–Trinajstić information content (AvgIpc) is 2.99. The topological polar surface area (TPSA) is 115 Å². The Labute approximate surface area is 153 Å². The third kappa shape index (κ3) is 4.12. The minimum absolute atomic E-state index is 0.0979. The number of carboxylic acid groups (broad SMARTS) is 1. The number of hydrogen-bond donors (Lipinski definition) is 4. The predicted molar refractivity (Wildman–Crippen MR) is 96.8 cm³/mol. The lowest BCUT2D eigenvalue weighted by molar-refractivity contribution is 0.0696. The van der Waals surface area contributed by atoms with Gasteiger partial charge in [0.15, 0.2) is 0 Å². The molecule has 1 aromatic heterocycles. The second-order valence-electron chi connectivity index (χ2n) is 5.78. The molecular weight excluding hydrogens is 358 g/mol. The van der Waals surface area contributed by atoms with Gasteiger partial charge in [-0.05, 0) is 42.8 Å². The first-order chi connectivity index (χ1) is 12.4. The minimum Gasteiger partial charge on any atom is -0.508 e. The molecule has 3 rings (SSSR count). The molecule has 8 heteroatoms. The van der Waals surface area contributed by atoms with E-state index in [-0.39, 0.29) is 16.9 Å². The van der Waals surface area contributed by atoms with Gasteiger partial charge in [0.05, 0.1) is 16.6 Å². The van der Waals surface area contributed by atoms with E-state index in [1.807, 2.05) is 6.07 Å². The second kappa shape index (κ2) is 7.45. The number of amides is 1. The maximum absolute atomic E-state index is 12.1. The van der Waals surface area contributed by atoms with Gasteiger partial charge in [0, 0.05) is 23.6 Å². The second-order valence-corrected chi connectivity index (χ2v) is 6.21. The summed E-state index contributed by atoms with van der Waals surface area (Å²) in [6, 6.07) is 8.95. The number of nitrogens with zero attached hydrogens (tertiary/aromatic N) is 1. The summed E-state index contributed by atoms with van der Waals surface area (Å²) in [6.07, 6.45) is 1.27. The number of benzene rings is 2. The third-order valence-corrected chi connectivity index (χ3v) is 4.03. The van der Waals surface area contributed by atoms with Crippen LogP contribution in [0.3, 0.4) is 0 Å². The quantitative estimate of drug-likeness (QED) is 0.496. The largest absolute Gasteiger partial charge is 0.508 e. The molecule has 0 aliphatic rings. The Balaban J connectivity index is 1.55. The number of carbonyl (C=O) groups excluding carboxylic acids is 1. The van der Waals surface area contributed by atoms with Crippen LogP contribution in [0, 0.1) is 0 Å². The molecule has 0 fully saturated rings. The fraction of sp³-hybridized carbons (Fsp3) is 0.167. The number of imidazole rings is 1. The van der Waals surface area contributed by atoms with Crippen molar-refractivity contribution in [3.63, 3.8) is 0 Å². The average molecular weight is 374 g/mol. The highest BCUT2D eigenvalue weighted by molar-refractivity contribution is 6.31. The van der Waals surface area contributed by atoms with Crippen molar-refractivity contribution < 1.29 is 19.8 Å². The molecular formula is C18H16ClN3O4. The molecule has 2 aromatic carbocycles. The van der Waals surface area contributed by atoms with Gasteiger partial charge >= 0.3 is 5.97 Å². The van der Waals surface area contributed by atoms with Crippen LogP contribution in [-0.4, -0.2) is 38.6 Å². The maximum atomic E-state index is 12.1. The van der Waals surface area contributed by atoms with Crippen molar-refractivity contribution in [1.29, 1.82) is 0 Å². The first-order valence-corrected chi connectivity index (χ1v) is 8.30. The standard InChI is InChI=1S/C18H16ClN3O4/c19-12-3-4-14-15(9-12)22-16(21-14)2-1-5-20-17(24)10-6-11(18(25)26)8-13(23)7-10/h3-4,6-9,23H,1-2,5H2,(H,20,24)(H,21,22)(H,25,26). The van der Waals surface area contributed by atoms with E-state index in [1.165, 1.54) is 12.1 Å². The number of carbonyl (C=O) groups is 2. The van der Waals surface area contributed by atoms with Crippen LogP contribution in [0.15, 0.2) is 36.4 Å². The molecule has 0 bridgehead atoms. The van der Waals surface area contributed by atoms with Crippen LogP contribution in [0.5, 0.6) is 5.75 Å². The number of halogens is 1. The molecule has 3 aromatic rings. The van der Waals surface area contributed by atoms with Crippen LogP contribution in [-0.2, 0) is 6.42 Å². The summed E-state index contributed by atoms with van der Waals surface area (Å²) in [7, 11) is 0. The summed E-state index contributed by atoms with van der Waals surface area (Å²) < 4.78 is 0. The summed E-state index contributed by atoms with van der Waals surface area (Å²) in [5.41, 5.74) is 1.64. The van der Waals surface area contributed by atoms with Gasteiger partial charge in [-0.25, -0.2) is 9.78 Å². The lowest BCUT2D eigenvalue weighted by atomic mass is 10.1. The smallest absolute Gasteiger partial charge is 0.335 e. The van der Waals surface area contributed by atoms with Crippen LogP contribution in [0.25, 0.3) is 11.0 Å². The highest BCUT2D eigenvalue weighted by Crippen LogP contribution is 2.18. The maximum Gasteiger partial charge on any atom is 0.335 e. The number of nitrogens with one attached hydrogen (secondary N) is 2. The van der Waals surface area contributed by atoms with E-state index in [0.29, 0.717) is 24.4 Å². The SMILES string of the molecule is O=C(O)c1cc(O)cc(C(=O)NCCCc2nc3ccc(Cl)cc3[nH]2)c1. The van der Waals surface area contributed by atoms with Gasteiger partial charge in [-0.3, -0.25) is 4.79 Å². The number of hydrogen-bond acceptors (Lipinski definition) is 4. The van der Waals surface area contributed by atoms with Crippen LogP contribution in [0.2, 0.25) is 5.02 Å². The number of aromatic amines is 1. The molecule has 134 valence electrons. The Bertz CT molecular complexity index is 984. The Morgan fingerprint density at radius 3 is 2.69 bits per heavy atom. The fourth-order valence-corrected chi connectivity index (χ4v) is 2.75. The zero-order chi connectivity index (χ0) is 18.7. The van der Waals surface area contributed by atoms with Crippen molar-refractivity contribution in [1.82, 2.24) is 15.3 Å². The predicted octanol–water partition coefficient (Wildman–Crippen LogP) is 2.98. The fourth-order valence-electron chi connectivity index (χ4n) is 2.58. The van der Waals surface area contributed by atoms with Crippen LogP contribution >= 0.6 is 11.6 Å². The monoisotopic (exact) mass is 373 g/mol. The van der Waals surface area contributed by atoms with Crippen molar-refractivity contribution in [2.24, 2.45) is 0 Å². The molecule has 0 saturated heterocycles. The molecule has 0 spiro atoms. The number of fused-ring (bicyclic) bond motifs is 1. The number of aryl methyl sites for hydroxylation is 1.